The van der Waals surface area contributed by atoms with Crippen LogP contribution in [0.3, 0.4) is 0 Å². The highest BCUT2D eigenvalue weighted by Crippen LogP contribution is 2.48. The number of hydrogen-bond donors (Lipinski definition) is 2. The van der Waals surface area contributed by atoms with Gasteiger partial charge in [-0.25, -0.2) is 9.97 Å². The molecule has 4 aromatic carbocycles. The van der Waals surface area contributed by atoms with Crippen LogP contribution < -0.4 is 36.7 Å². The van der Waals surface area contributed by atoms with Gasteiger partial charge < -0.3 is 51.3 Å². The quantitative estimate of drug-likeness (QED) is 0.0250. The molecule has 0 saturated carbocycles. The number of halogens is 2. The van der Waals surface area contributed by atoms with Crippen LogP contribution in [-0.4, -0.2) is 83.9 Å². The topological polar surface area (TPSA) is 135 Å². The minimum Gasteiger partial charge on any atom is -1.00 e. The third-order valence-electron chi connectivity index (χ3n) is 14.6. The molecule has 12 nitrogen and oxygen atoms in total. The number of carbonyl (C=O) groups is 2. The van der Waals surface area contributed by atoms with Gasteiger partial charge in [0, 0.05) is 95.2 Å². The molecular weight excluding hydrogens is 1050 g/mol. The van der Waals surface area contributed by atoms with Crippen molar-refractivity contribution in [3.8, 4) is 23.8 Å². The number of aliphatic carboxylic acids is 1. The van der Waals surface area contributed by atoms with E-state index in [1.165, 1.54) is 40.2 Å². The summed E-state index contributed by atoms with van der Waals surface area (Å²) in [5.74, 6) is 3.18. The molecule has 5 aromatic rings. The number of anilines is 3. The van der Waals surface area contributed by atoms with Gasteiger partial charge >= 0.3 is 11.9 Å². The summed E-state index contributed by atoms with van der Waals surface area (Å²) in [5, 5.41) is 14.0. The van der Waals surface area contributed by atoms with Crippen LogP contribution in [-0.2, 0) is 29.9 Å². The molecule has 0 fully saturated rings. The number of carbonyl (C=O) groups excluding carboxylic acids is 1. The van der Waals surface area contributed by atoms with Crippen molar-refractivity contribution < 1.29 is 55.2 Å². The van der Waals surface area contributed by atoms with Crippen LogP contribution in [0.15, 0.2) is 137 Å². The summed E-state index contributed by atoms with van der Waals surface area (Å²) >= 11 is 7.33. The van der Waals surface area contributed by atoms with Gasteiger partial charge in [-0.2, -0.15) is 4.58 Å². The molecule has 0 saturated heterocycles. The summed E-state index contributed by atoms with van der Waals surface area (Å²) in [6.45, 7) is 11.7. The predicted octanol–water partition coefficient (Wildman–Crippen LogP) is 10.4. The molecule has 3 aliphatic rings. The van der Waals surface area contributed by atoms with Crippen LogP contribution in [0.2, 0.25) is 0 Å². The van der Waals surface area contributed by atoms with Crippen molar-refractivity contribution in [3.05, 3.63) is 154 Å². The maximum absolute atomic E-state index is 13.0. The van der Waals surface area contributed by atoms with Gasteiger partial charge in [-0.1, -0.05) is 92.4 Å². The molecule has 8 rings (SSSR count). The maximum atomic E-state index is 13.0. The van der Waals surface area contributed by atoms with Crippen molar-refractivity contribution in [1.29, 1.82) is 0 Å². The first kappa shape index (κ1) is 58.0. The molecule has 1 aromatic heterocycles. The molecule has 14 heteroatoms. The van der Waals surface area contributed by atoms with Crippen molar-refractivity contribution in [3.63, 3.8) is 0 Å². The third kappa shape index (κ3) is 14.1. The fraction of sp³-hybridized carbons (Fsp3) is 0.381. The second-order valence-electron chi connectivity index (χ2n) is 20.6. The molecule has 0 spiro atoms. The van der Waals surface area contributed by atoms with E-state index in [0.29, 0.717) is 60.7 Å². The number of rotatable bonds is 25. The Morgan fingerprint density at radius 2 is 1.56 bits per heavy atom. The summed E-state index contributed by atoms with van der Waals surface area (Å²) < 4.78 is 25.5. The predicted molar refractivity (Wildman–Crippen MR) is 304 cm³/mol. The first-order valence-electron chi connectivity index (χ1n) is 26.6. The molecule has 0 radical (unpaired) electrons. The zero-order valence-electron chi connectivity index (χ0n) is 45.0. The standard InChI is InChI=1S/C63H70ClN5O7.BrH/c1-7-44-20-18-23-47(40-44)67-61-48-41-54(55(74-37-36-73-6)42-51(48)65-43-66-61)75-38-39-76-59(72)29-11-9-17-35-69-53-27-15-13-25-50(53)63(4,5)57(69)33-31-46-22-19-21-45(60(46)64)30-32-56-62(2,3)49-24-12-14-26-52(49)68(56)34-16-8-10-28-58(70)71;/h1,12-15,18,20,23-27,30-33,40-43H,8-11,16-17,19,21-22,28-29,34-39H2,2-6H3,(H-,65,66,67,70,71);1H. The number of fused-ring (bicyclic) bond motifs is 3. The van der Waals surface area contributed by atoms with Gasteiger partial charge in [0.05, 0.1) is 17.5 Å². The van der Waals surface area contributed by atoms with Crippen molar-refractivity contribution in [2.24, 2.45) is 0 Å². The summed E-state index contributed by atoms with van der Waals surface area (Å²) in [4.78, 5) is 35.5. The number of ether oxygens (including phenoxy) is 4. The summed E-state index contributed by atoms with van der Waals surface area (Å²) in [6, 6.07) is 28.4. The number of carboxylic acids is 1. The lowest BCUT2D eigenvalue weighted by Gasteiger charge is -2.27. The zero-order valence-corrected chi connectivity index (χ0v) is 47.4. The van der Waals surface area contributed by atoms with Crippen LogP contribution in [0.4, 0.5) is 22.9 Å². The van der Waals surface area contributed by atoms with Gasteiger partial charge in [0.2, 0.25) is 5.69 Å². The third-order valence-corrected chi connectivity index (χ3v) is 15.1. The fourth-order valence-corrected chi connectivity index (χ4v) is 10.9. The number of unbranched alkanes of at least 4 members (excludes halogenated alkanes) is 4. The number of nitrogens with one attached hydrogen (secondary N) is 1. The summed E-state index contributed by atoms with van der Waals surface area (Å²) in [6.07, 6.45) is 24.4. The van der Waals surface area contributed by atoms with Crippen LogP contribution in [0.5, 0.6) is 11.5 Å². The van der Waals surface area contributed by atoms with Gasteiger partial charge in [0.25, 0.3) is 0 Å². The highest BCUT2D eigenvalue weighted by Gasteiger charge is 2.44. The Morgan fingerprint density at radius 3 is 2.35 bits per heavy atom. The Balaban J connectivity index is 0.00000861. The van der Waals surface area contributed by atoms with Crippen molar-refractivity contribution >= 4 is 63.0 Å². The number of methoxy groups -OCH3 is 1. The molecule has 404 valence electrons. The monoisotopic (exact) mass is 1120 g/mol. The minimum atomic E-state index is -0.741. The zero-order chi connectivity index (χ0) is 53.7. The van der Waals surface area contributed by atoms with E-state index in [9.17, 15) is 9.59 Å². The first-order valence-corrected chi connectivity index (χ1v) is 27.0. The average molecular weight is 1130 g/mol. The van der Waals surface area contributed by atoms with Gasteiger partial charge in [-0.15, -0.1) is 6.42 Å². The van der Waals surface area contributed by atoms with E-state index >= 15 is 0 Å². The highest BCUT2D eigenvalue weighted by molar-refractivity contribution is 6.32. The van der Waals surface area contributed by atoms with Gasteiger partial charge in [0.1, 0.15) is 38.5 Å². The number of terminal acetylenes is 1. The van der Waals surface area contributed by atoms with E-state index < -0.39 is 5.97 Å². The van der Waals surface area contributed by atoms with E-state index in [2.05, 4.69) is 131 Å². The van der Waals surface area contributed by atoms with Crippen molar-refractivity contribution in [2.45, 2.75) is 109 Å². The fourth-order valence-electron chi connectivity index (χ4n) is 10.6. The second-order valence-corrected chi connectivity index (χ2v) is 20.9. The lowest BCUT2D eigenvalue weighted by atomic mass is 9.81. The first-order chi connectivity index (χ1) is 36.8. The number of carboxylic acid groups (broad SMARTS) is 1. The number of hydrogen-bond acceptors (Lipinski definition) is 10. The Labute approximate surface area is 469 Å². The van der Waals surface area contributed by atoms with Gasteiger partial charge in [-0.05, 0) is 112 Å². The molecule has 0 unspecified atom stereocenters. The number of esters is 1. The Morgan fingerprint density at radius 1 is 0.818 bits per heavy atom. The molecular formula is C63H71BrClN5O7. The van der Waals surface area contributed by atoms with E-state index in [4.69, 9.17) is 42.1 Å². The number of para-hydroxylation sites is 2. The summed E-state index contributed by atoms with van der Waals surface area (Å²) in [7, 11) is 1.61. The molecule has 0 amide bonds. The lowest BCUT2D eigenvalue weighted by molar-refractivity contribution is -0.438. The second kappa shape index (κ2) is 27.0. The number of aromatic nitrogens is 2. The average Bonchev–Trinajstić information content (AvgIpc) is 3.92. The number of nitrogens with zero attached hydrogens (tertiary/aromatic N) is 4. The van der Waals surface area contributed by atoms with Crippen LogP contribution in [0.25, 0.3) is 10.9 Å². The largest absolute Gasteiger partial charge is 1.00 e. The molecule has 2 aliphatic heterocycles. The van der Waals surface area contributed by atoms with E-state index in [1.54, 1.807) is 13.2 Å². The van der Waals surface area contributed by atoms with E-state index in [1.807, 2.05) is 30.3 Å². The molecule has 2 N–H and O–H groups in total. The minimum absolute atomic E-state index is 0. The van der Waals surface area contributed by atoms with Crippen LogP contribution >= 0.6 is 11.6 Å². The Kier molecular flexibility index (Phi) is 20.4. The molecule has 3 heterocycles. The lowest BCUT2D eigenvalue weighted by Crippen LogP contribution is -3.00. The molecule has 0 bridgehead atoms. The Bertz CT molecular complexity index is 3130. The van der Waals surface area contributed by atoms with Crippen LogP contribution in [0, 0.1) is 12.3 Å². The molecule has 77 heavy (non-hydrogen) atoms. The smallest absolute Gasteiger partial charge is 0.305 e. The van der Waals surface area contributed by atoms with Crippen molar-refractivity contribution in [1.82, 2.24) is 9.97 Å². The van der Waals surface area contributed by atoms with E-state index in [0.717, 1.165) is 85.5 Å². The highest BCUT2D eigenvalue weighted by atomic mass is 79.9. The van der Waals surface area contributed by atoms with Gasteiger partial charge in [-0.3, -0.25) is 9.59 Å². The maximum Gasteiger partial charge on any atom is 0.305 e. The van der Waals surface area contributed by atoms with Gasteiger partial charge in [0.15, 0.2) is 17.2 Å². The number of benzene rings is 4. The van der Waals surface area contributed by atoms with E-state index in [-0.39, 0.29) is 53.4 Å². The SMILES string of the molecule is C#Cc1cccc(Nc2ncnc3cc(OCCOC)c(OCCOC(=O)CCCCCN4/C(=C/C=C5\CCCC(/C=C/C6=[N+](CCCCCC(=O)O)c7ccccc7C6(C)C)=C5Cl)C(C)(C)c5ccccc54)cc23)c1.[Br-]. The Hall–Kier alpha value is -6.72. The molecule has 0 atom stereocenters. The summed E-state index contributed by atoms with van der Waals surface area (Å²) in [5.41, 5.74) is 11.5. The van der Waals surface area contributed by atoms with Crippen molar-refractivity contribution in [2.75, 3.05) is 56.8 Å². The number of allylic oxidation sites excluding steroid dienone is 8. The normalized spacial score (nSPS) is 16.4. The molecule has 1 aliphatic carbocycles. The van der Waals surface area contributed by atoms with Crippen LogP contribution in [0.1, 0.15) is 115 Å².